The Balaban J connectivity index is 1.51. The molecule has 2 aliphatic rings. The molecule has 9 nitrogen and oxygen atoms in total. The van der Waals surface area contributed by atoms with Crippen molar-refractivity contribution in [3.63, 3.8) is 0 Å². The highest BCUT2D eigenvalue weighted by Gasteiger charge is 2.24. The zero-order chi connectivity index (χ0) is 17.1. The zero-order valence-corrected chi connectivity index (χ0v) is 14.0. The van der Waals surface area contributed by atoms with E-state index in [9.17, 15) is 5.26 Å². The van der Waals surface area contributed by atoms with E-state index in [-0.39, 0.29) is 5.82 Å². The molecule has 0 radical (unpaired) electrons. The number of nitrogens with zero attached hydrogens (tertiary/aromatic N) is 8. The topological polar surface area (TPSA) is 96.0 Å². The SMILES string of the molecule is N#Cc1nc(N2CCOCC2)nc(N2CCC(n3ccnc3)CC2)n1. The van der Waals surface area contributed by atoms with Crippen molar-refractivity contribution in [2.24, 2.45) is 0 Å². The second-order valence-electron chi connectivity index (χ2n) is 6.20. The molecule has 9 heteroatoms. The molecule has 0 amide bonds. The molecule has 2 aromatic heterocycles. The second kappa shape index (κ2) is 7.03. The normalized spacial score (nSPS) is 19.0. The maximum absolute atomic E-state index is 9.28. The average Bonchev–Trinajstić information content (AvgIpc) is 3.23. The van der Waals surface area contributed by atoms with Crippen molar-refractivity contribution in [1.29, 1.82) is 5.26 Å². The molecule has 0 aliphatic carbocycles. The Morgan fingerprint density at radius 1 is 1.00 bits per heavy atom. The molecule has 4 heterocycles. The first-order valence-corrected chi connectivity index (χ1v) is 8.55. The standard InChI is InChI=1S/C16H20N8O/c17-11-14-19-15(21-16(20-14)23-7-9-25-10-8-23)22-4-1-13(2-5-22)24-6-3-18-12-24/h3,6,12-13H,1-2,4-5,7-10H2. The summed E-state index contributed by atoms with van der Waals surface area (Å²) < 4.78 is 7.53. The molecule has 0 aromatic carbocycles. The number of piperidine rings is 1. The van der Waals surface area contributed by atoms with E-state index in [4.69, 9.17) is 4.74 Å². The summed E-state index contributed by atoms with van der Waals surface area (Å²) in [7, 11) is 0. The third-order valence-electron chi connectivity index (χ3n) is 4.70. The lowest BCUT2D eigenvalue weighted by Crippen LogP contribution is -2.39. The molecule has 4 rings (SSSR count). The lowest BCUT2D eigenvalue weighted by Gasteiger charge is -2.33. The van der Waals surface area contributed by atoms with Gasteiger partial charge in [-0.3, -0.25) is 0 Å². The van der Waals surface area contributed by atoms with E-state index in [0.717, 1.165) is 39.0 Å². The third-order valence-corrected chi connectivity index (χ3v) is 4.70. The Morgan fingerprint density at radius 3 is 2.28 bits per heavy atom. The van der Waals surface area contributed by atoms with Crippen LogP contribution >= 0.6 is 0 Å². The minimum Gasteiger partial charge on any atom is -0.378 e. The van der Waals surface area contributed by atoms with Crippen LogP contribution in [-0.4, -0.2) is 63.9 Å². The van der Waals surface area contributed by atoms with Crippen molar-refractivity contribution < 1.29 is 4.74 Å². The van der Waals surface area contributed by atoms with Gasteiger partial charge in [0.05, 0.1) is 19.5 Å². The maximum atomic E-state index is 9.28. The van der Waals surface area contributed by atoms with E-state index >= 15 is 0 Å². The van der Waals surface area contributed by atoms with Crippen LogP contribution in [0.4, 0.5) is 11.9 Å². The van der Waals surface area contributed by atoms with E-state index in [1.54, 1.807) is 0 Å². The van der Waals surface area contributed by atoms with Crippen molar-refractivity contribution in [3.8, 4) is 6.07 Å². The Morgan fingerprint density at radius 2 is 1.68 bits per heavy atom. The molecule has 0 saturated carbocycles. The highest BCUT2D eigenvalue weighted by Crippen LogP contribution is 2.25. The van der Waals surface area contributed by atoms with E-state index in [2.05, 4.69) is 35.5 Å². The van der Waals surface area contributed by atoms with Crippen molar-refractivity contribution in [2.75, 3.05) is 49.2 Å². The molecule has 130 valence electrons. The maximum Gasteiger partial charge on any atom is 0.238 e. The largest absolute Gasteiger partial charge is 0.378 e. The molecule has 2 aromatic rings. The van der Waals surface area contributed by atoms with Crippen LogP contribution in [0.2, 0.25) is 0 Å². The molecule has 2 fully saturated rings. The van der Waals surface area contributed by atoms with Crippen LogP contribution in [0.3, 0.4) is 0 Å². The molecule has 0 bridgehead atoms. The van der Waals surface area contributed by atoms with Crippen LogP contribution in [0.25, 0.3) is 0 Å². The minimum atomic E-state index is 0.170. The van der Waals surface area contributed by atoms with Crippen LogP contribution in [-0.2, 0) is 4.74 Å². The predicted molar refractivity (Wildman–Crippen MR) is 90.3 cm³/mol. The smallest absolute Gasteiger partial charge is 0.238 e. The van der Waals surface area contributed by atoms with E-state index in [1.165, 1.54) is 0 Å². The molecule has 0 atom stereocenters. The number of anilines is 2. The van der Waals surface area contributed by atoms with Crippen LogP contribution in [0.15, 0.2) is 18.7 Å². The molecule has 2 saturated heterocycles. The van der Waals surface area contributed by atoms with Crippen LogP contribution in [0.5, 0.6) is 0 Å². The Labute approximate surface area is 145 Å². The van der Waals surface area contributed by atoms with Gasteiger partial charge in [-0.15, -0.1) is 0 Å². The highest BCUT2D eigenvalue weighted by atomic mass is 16.5. The van der Waals surface area contributed by atoms with Crippen molar-refractivity contribution in [1.82, 2.24) is 24.5 Å². The number of morpholine rings is 1. The fraction of sp³-hybridized carbons (Fsp3) is 0.562. The van der Waals surface area contributed by atoms with E-state index < -0.39 is 0 Å². The van der Waals surface area contributed by atoms with Gasteiger partial charge in [0.2, 0.25) is 17.7 Å². The van der Waals surface area contributed by atoms with Gasteiger partial charge in [-0.25, -0.2) is 4.98 Å². The molecule has 2 aliphatic heterocycles. The first kappa shape index (κ1) is 15.8. The third kappa shape index (κ3) is 3.39. The van der Waals surface area contributed by atoms with Gasteiger partial charge in [0.15, 0.2) is 0 Å². The quantitative estimate of drug-likeness (QED) is 0.802. The average molecular weight is 340 g/mol. The first-order chi connectivity index (χ1) is 12.3. The fourth-order valence-electron chi connectivity index (χ4n) is 3.30. The Hall–Kier alpha value is -2.73. The van der Waals surface area contributed by atoms with Gasteiger partial charge in [-0.05, 0) is 12.8 Å². The number of hydrogen-bond acceptors (Lipinski definition) is 8. The van der Waals surface area contributed by atoms with Gasteiger partial charge in [-0.1, -0.05) is 0 Å². The van der Waals surface area contributed by atoms with Gasteiger partial charge in [0, 0.05) is 44.6 Å². The number of ether oxygens (including phenoxy) is 1. The van der Waals surface area contributed by atoms with Crippen LogP contribution in [0, 0.1) is 11.3 Å². The molecule has 0 unspecified atom stereocenters. The number of aromatic nitrogens is 5. The summed E-state index contributed by atoms with van der Waals surface area (Å²) >= 11 is 0. The summed E-state index contributed by atoms with van der Waals surface area (Å²) in [5.41, 5.74) is 0. The Kier molecular flexibility index (Phi) is 4.43. The summed E-state index contributed by atoms with van der Waals surface area (Å²) in [4.78, 5) is 21.5. The molecular formula is C16H20N8O. The summed E-state index contributed by atoms with van der Waals surface area (Å²) in [6.45, 7) is 4.47. The van der Waals surface area contributed by atoms with Crippen molar-refractivity contribution in [3.05, 3.63) is 24.5 Å². The Bertz CT molecular complexity index is 742. The van der Waals surface area contributed by atoms with E-state index in [0.29, 0.717) is 31.2 Å². The number of imidazole rings is 1. The number of nitriles is 1. The number of rotatable bonds is 3. The monoisotopic (exact) mass is 340 g/mol. The first-order valence-electron chi connectivity index (χ1n) is 8.55. The van der Waals surface area contributed by atoms with Crippen LogP contribution in [0.1, 0.15) is 24.7 Å². The lowest BCUT2D eigenvalue weighted by molar-refractivity contribution is 0.122. The van der Waals surface area contributed by atoms with Crippen molar-refractivity contribution >= 4 is 11.9 Å². The molecule has 0 N–H and O–H groups in total. The molecule has 0 spiro atoms. The number of hydrogen-bond donors (Lipinski definition) is 0. The summed E-state index contributed by atoms with van der Waals surface area (Å²) in [6, 6.07) is 2.51. The van der Waals surface area contributed by atoms with Crippen molar-refractivity contribution in [2.45, 2.75) is 18.9 Å². The zero-order valence-electron chi connectivity index (χ0n) is 14.0. The van der Waals surface area contributed by atoms with E-state index in [1.807, 2.05) is 23.6 Å². The van der Waals surface area contributed by atoms with Gasteiger partial charge >= 0.3 is 0 Å². The predicted octanol–water partition coefficient (Wildman–Crippen LogP) is 0.618. The van der Waals surface area contributed by atoms with Gasteiger partial charge < -0.3 is 19.1 Å². The second-order valence-corrected chi connectivity index (χ2v) is 6.20. The fourth-order valence-corrected chi connectivity index (χ4v) is 3.30. The van der Waals surface area contributed by atoms with Gasteiger partial charge in [0.25, 0.3) is 0 Å². The minimum absolute atomic E-state index is 0.170. The summed E-state index contributed by atoms with van der Waals surface area (Å²) in [5, 5.41) is 9.28. The molecular weight excluding hydrogens is 320 g/mol. The van der Waals surface area contributed by atoms with Gasteiger partial charge in [-0.2, -0.15) is 20.2 Å². The summed E-state index contributed by atoms with van der Waals surface area (Å²) in [6.07, 6.45) is 7.68. The highest BCUT2D eigenvalue weighted by molar-refractivity contribution is 5.41. The van der Waals surface area contributed by atoms with Crippen LogP contribution < -0.4 is 9.80 Å². The summed E-state index contributed by atoms with van der Waals surface area (Å²) in [5.74, 6) is 1.34. The lowest BCUT2D eigenvalue weighted by atomic mass is 10.1. The van der Waals surface area contributed by atoms with Gasteiger partial charge in [0.1, 0.15) is 6.07 Å². The molecule has 25 heavy (non-hydrogen) atoms.